The molecular weight excluding hydrogens is 364 g/mol. The minimum absolute atomic E-state index is 0.00461. The van der Waals surface area contributed by atoms with Crippen LogP contribution in [0.3, 0.4) is 0 Å². The molecule has 1 aliphatic rings. The highest BCUT2D eigenvalue weighted by Crippen LogP contribution is 2.37. The van der Waals surface area contributed by atoms with Gasteiger partial charge in [0, 0.05) is 25.2 Å². The molecule has 2 aromatic carbocycles. The van der Waals surface area contributed by atoms with E-state index in [1.54, 1.807) is 24.0 Å². The van der Waals surface area contributed by atoms with Crippen LogP contribution in [0.1, 0.15) is 41.5 Å². The number of sulfone groups is 1. The SMILES string of the molecule is CCN(CC)C(=O)c1ccc2c(c1)N(CC)C(=O)c1ccccc1S2(=O)=O. The smallest absolute Gasteiger partial charge is 0.259 e. The Balaban J connectivity index is 2.26. The van der Waals surface area contributed by atoms with Crippen LogP contribution in [0.25, 0.3) is 0 Å². The van der Waals surface area contributed by atoms with E-state index < -0.39 is 9.84 Å². The third-order valence-electron chi connectivity index (χ3n) is 4.81. The van der Waals surface area contributed by atoms with E-state index in [-0.39, 0.29) is 32.9 Å². The molecule has 0 spiro atoms. The molecule has 6 nitrogen and oxygen atoms in total. The largest absolute Gasteiger partial charge is 0.339 e. The van der Waals surface area contributed by atoms with Gasteiger partial charge in [-0.05, 0) is 51.1 Å². The molecule has 142 valence electrons. The van der Waals surface area contributed by atoms with Crippen LogP contribution in [0.15, 0.2) is 52.3 Å². The Morgan fingerprint density at radius 3 is 2.30 bits per heavy atom. The Labute approximate surface area is 159 Å². The summed E-state index contributed by atoms with van der Waals surface area (Å²) in [7, 11) is -3.87. The standard InChI is InChI=1S/C20H22N2O4S/c1-4-21(5-2)19(23)14-11-12-18-16(13-14)22(6-3)20(24)15-9-7-8-10-17(15)27(18,25)26/h7-13H,4-6H2,1-3H3. The first-order chi connectivity index (χ1) is 12.9. The molecule has 7 heteroatoms. The van der Waals surface area contributed by atoms with E-state index in [9.17, 15) is 18.0 Å². The molecular formula is C20H22N2O4S. The highest BCUT2D eigenvalue weighted by atomic mass is 32.2. The molecule has 0 atom stereocenters. The second-order valence-electron chi connectivity index (χ2n) is 6.21. The molecule has 1 aliphatic heterocycles. The Bertz CT molecular complexity index is 1010. The van der Waals surface area contributed by atoms with Crippen LogP contribution < -0.4 is 4.90 Å². The normalized spacial score (nSPS) is 14.9. The van der Waals surface area contributed by atoms with Crippen LogP contribution in [0, 0.1) is 0 Å². The highest BCUT2D eigenvalue weighted by molar-refractivity contribution is 7.91. The van der Waals surface area contributed by atoms with Crippen molar-refractivity contribution in [2.24, 2.45) is 0 Å². The summed E-state index contributed by atoms with van der Waals surface area (Å²) in [6, 6.07) is 10.7. The molecule has 0 bridgehead atoms. The summed E-state index contributed by atoms with van der Waals surface area (Å²) >= 11 is 0. The fraction of sp³-hybridized carbons (Fsp3) is 0.300. The molecule has 0 fully saturated rings. The molecule has 0 unspecified atom stereocenters. The maximum Gasteiger partial charge on any atom is 0.259 e. The fourth-order valence-electron chi connectivity index (χ4n) is 3.35. The molecule has 1 heterocycles. The Morgan fingerprint density at radius 1 is 1.00 bits per heavy atom. The molecule has 3 rings (SSSR count). The van der Waals surface area contributed by atoms with Crippen molar-refractivity contribution >= 4 is 27.3 Å². The van der Waals surface area contributed by atoms with Crippen LogP contribution >= 0.6 is 0 Å². The average Bonchev–Trinajstić information content (AvgIpc) is 2.75. The summed E-state index contributed by atoms with van der Waals surface area (Å²) in [5.74, 6) is -0.576. The number of hydrogen-bond donors (Lipinski definition) is 0. The molecule has 0 N–H and O–H groups in total. The summed E-state index contributed by atoms with van der Waals surface area (Å²) in [4.78, 5) is 28.8. The van der Waals surface area contributed by atoms with Gasteiger partial charge in [-0.3, -0.25) is 9.59 Å². The van der Waals surface area contributed by atoms with E-state index in [2.05, 4.69) is 0 Å². The zero-order valence-corrected chi connectivity index (χ0v) is 16.4. The predicted octanol–water partition coefficient (Wildman–Crippen LogP) is 2.98. The molecule has 27 heavy (non-hydrogen) atoms. The van der Waals surface area contributed by atoms with Gasteiger partial charge < -0.3 is 9.80 Å². The maximum atomic E-state index is 13.2. The van der Waals surface area contributed by atoms with E-state index in [1.807, 2.05) is 13.8 Å². The van der Waals surface area contributed by atoms with Gasteiger partial charge in [-0.25, -0.2) is 8.42 Å². The van der Waals surface area contributed by atoms with Gasteiger partial charge in [-0.1, -0.05) is 12.1 Å². The van der Waals surface area contributed by atoms with Crippen LogP contribution in [0.2, 0.25) is 0 Å². The topological polar surface area (TPSA) is 74.8 Å². The zero-order chi connectivity index (χ0) is 19.8. The van der Waals surface area contributed by atoms with Crippen LogP contribution in [-0.4, -0.2) is 44.8 Å². The van der Waals surface area contributed by atoms with E-state index >= 15 is 0 Å². The maximum absolute atomic E-state index is 13.2. The molecule has 0 aromatic heterocycles. The Morgan fingerprint density at radius 2 is 1.67 bits per heavy atom. The quantitative estimate of drug-likeness (QED) is 0.810. The molecule has 0 saturated heterocycles. The van der Waals surface area contributed by atoms with Crippen molar-refractivity contribution in [3.8, 4) is 0 Å². The van der Waals surface area contributed by atoms with Crippen LogP contribution in [0.5, 0.6) is 0 Å². The molecule has 2 aromatic rings. The summed E-state index contributed by atoms with van der Waals surface area (Å²) < 4.78 is 26.4. The molecule has 0 radical (unpaired) electrons. The van der Waals surface area contributed by atoms with Crippen molar-refractivity contribution in [1.82, 2.24) is 4.90 Å². The minimum Gasteiger partial charge on any atom is -0.339 e. The predicted molar refractivity (Wildman–Crippen MR) is 103 cm³/mol. The van der Waals surface area contributed by atoms with Crippen LogP contribution in [-0.2, 0) is 9.84 Å². The van der Waals surface area contributed by atoms with Gasteiger partial charge in [0.05, 0.1) is 21.0 Å². The summed E-state index contributed by atoms with van der Waals surface area (Å²) in [5, 5.41) is 0. The van der Waals surface area contributed by atoms with Crippen molar-refractivity contribution in [2.45, 2.75) is 30.6 Å². The van der Waals surface area contributed by atoms with Gasteiger partial charge in [0.2, 0.25) is 9.84 Å². The number of amides is 2. The first-order valence-electron chi connectivity index (χ1n) is 8.96. The number of anilines is 1. The number of rotatable bonds is 4. The Hall–Kier alpha value is -2.67. The van der Waals surface area contributed by atoms with Crippen molar-refractivity contribution in [3.63, 3.8) is 0 Å². The first-order valence-corrected chi connectivity index (χ1v) is 10.4. The van der Waals surface area contributed by atoms with Crippen molar-refractivity contribution in [3.05, 3.63) is 53.6 Å². The number of benzene rings is 2. The number of carbonyl (C=O) groups excluding carboxylic acids is 2. The highest BCUT2D eigenvalue weighted by Gasteiger charge is 2.35. The molecule has 0 saturated carbocycles. The lowest BCUT2D eigenvalue weighted by Gasteiger charge is -2.23. The monoisotopic (exact) mass is 386 g/mol. The van der Waals surface area contributed by atoms with E-state index in [0.717, 1.165) is 0 Å². The Kier molecular flexibility index (Phi) is 5.06. The second-order valence-corrected chi connectivity index (χ2v) is 8.10. The number of fused-ring (bicyclic) bond motifs is 2. The number of carbonyl (C=O) groups is 2. The fourth-order valence-corrected chi connectivity index (χ4v) is 4.98. The summed E-state index contributed by atoms with van der Waals surface area (Å²) in [5.41, 5.74) is 0.758. The van der Waals surface area contributed by atoms with Gasteiger partial charge in [-0.15, -0.1) is 0 Å². The first kappa shape index (κ1) is 19.1. The summed E-state index contributed by atoms with van der Waals surface area (Å²) in [6.07, 6.45) is 0. The number of nitrogens with zero attached hydrogens (tertiary/aromatic N) is 2. The van der Waals surface area contributed by atoms with Gasteiger partial charge in [0.1, 0.15) is 0 Å². The number of hydrogen-bond acceptors (Lipinski definition) is 4. The average molecular weight is 386 g/mol. The van der Waals surface area contributed by atoms with E-state index in [0.29, 0.717) is 25.2 Å². The lowest BCUT2D eigenvalue weighted by Crippen LogP contribution is -2.32. The third-order valence-corrected chi connectivity index (χ3v) is 6.66. The zero-order valence-electron chi connectivity index (χ0n) is 15.6. The summed E-state index contributed by atoms with van der Waals surface area (Å²) in [6.45, 7) is 6.93. The third kappa shape index (κ3) is 3.02. The molecule has 0 aliphatic carbocycles. The van der Waals surface area contributed by atoms with E-state index in [4.69, 9.17) is 0 Å². The molecule has 2 amide bonds. The van der Waals surface area contributed by atoms with Gasteiger partial charge in [-0.2, -0.15) is 0 Å². The van der Waals surface area contributed by atoms with Gasteiger partial charge in [0.15, 0.2) is 0 Å². The van der Waals surface area contributed by atoms with Crippen molar-refractivity contribution < 1.29 is 18.0 Å². The lowest BCUT2D eigenvalue weighted by molar-refractivity contribution is 0.0772. The second kappa shape index (κ2) is 7.15. The lowest BCUT2D eigenvalue weighted by atomic mass is 10.1. The van der Waals surface area contributed by atoms with Crippen LogP contribution in [0.4, 0.5) is 5.69 Å². The van der Waals surface area contributed by atoms with Gasteiger partial charge >= 0.3 is 0 Å². The van der Waals surface area contributed by atoms with Crippen molar-refractivity contribution in [1.29, 1.82) is 0 Å². The van der Waals surface area contributed by atoms with E-state index in [1.165, 1.54) is 35.2 Å². The minimum atomic E-state index is -3.87. The van der Waals surface area contributed by atoms with Gasteiger partial charge in [0.25, 0.3) is 11.8 Å². The van der Waals surface area contributed by atoms with Crippen molar-refractivity contribution in [2.75, 3.05) is 24.5 Å².